The summed E-state index contributed by atoms with van der Waals surface area (Å²) in [5.41, 5.74) is 6.05. The molecular weight excluding hydrogens is 212 g/mol. The normalized spacial score (nSPS) is 13.0. The molecule has 2 N–H and O–H groups in total. The van der Waals surface area contributed by atoms with Crippen LogP contribution < -0.4 is 10.5 Å². The summed E-state index contributed by atoms with van der Waals surface area (Å²) in [5.74, 6) is 0.0689. The Morgan fingerprint density at radius 1 is 1.43 bits per heavy atom. The lowest BCUT2D eigenvalue weighted by atomic mass is 10.1. The molecule has 0 aliphatic carbocycles. The van der Waals surface area contributed by atoms with Crippen LogP contribution in [-0.2, 0) is 0 Å². The van der Waals surface area contributed by atoms with E-state index in [2.05, 4.69) is 4.74 Å². The number of nitrogens with two attached hydrogens (primary N) is 1. The van der Waals surface area contributed by atoms with E-state index >= 15 is 0 Å². The number of benzene rings is 1. The zero-order chi connectivity index (χ0) is 10.7. The maximum absolute atomic E-state index is 12.0. The Kier molecular flexibility index (Phi) is 3.66. The van der Waals surface area contributed by atoms with Crippen LogP contribution in [0.25, 0.3) is 0 Å². The molecule has 0 unspecified atom stereocenters. The minimum absolute atomic E-state index is 0.0689. The van der Waals surface area contributed by atoms with Crippen LogP contribution in [0.15, 0.2) is 18.2 Å². The maximum Gasteiger partial charge on any atom is 0.387 e. The molecular formula is C9H10ClF2NO. The van der Waals surface area contributed by atoms with Crippen LogP contribution in [0.3, 0.4) is 0 Å². The molecule has 1 atom stereocenters. The molecule has 0 fully saturated rings. The first-order chi connectivity index (χ1) is 6.50. The molecule has 2 nitrogen and oxygen atoms in total. The second-order valence-corrected chi connectivity index (χ2v) is 3.29. The minimum Gasteiger partial charge on any atom is -0.434 e. The molecule has 5 heteroatoms. The Morgan fingerprint density at radius 2 is 2.07 bits per heavy atom. The predicted octanol–water partition coefficient (Wildman–Crippen LogP) is 2.96. The van der Waals surface area contributed by atoms with E-state index < -0.39 is 12.7 Å². The fraction of sp³-hybridized carbons (Fsp3) is 0.333. The van der Waals surface area contributed by atoms with Gasteiger partial charge in [0.2, 0.25) is 0 Å². The minimum atomic E-state index is -2.85. The summed E-state index contributed by atoms with van der Waals surface area (Å²) in [5, 5.41) is 0.443. The Balaban J connectivity index is 3.02. The molecule has 0 bridgehead atoms. The second-order valence-electron chi connectivity index (χ2n) is 2.85. The Bertz CT molecular complexity index is 318. The van der Waals surface area contributed by atoms with Gasteiger partial charge in [0.25, 0.3) is 0 Å². The Labute approximate surface area is 85.6 Å². The van der Waals surface area contributed by atoms with Crippen molar-refractivity contribution in [3.05, 3.63) is 28.8 Å². The van der Waals surface area contributed by atoms with Gasteiger partial charge < -0.3 is 10.5 Å². The molecule has 1 aromatic rings. The Morgan fingerprint density at radius 3 is 2.57 bits per heavy atom. The van der Waals surface area contributed by atoms with Gasteiger partial charge in [0.1, 0.15) is 5.75 Å². The average molecular weight is 222 g/mol. The van der Waals surface area contributed by atoms with Crippen LogP contribution in [0, 0.1) is 0 Å². The Hall–Kier alpha value is -0.870. The van der Waals surface area contributed by atoms with Gasteiger partial charge in [-0.1, -0.05) is 11.6 Å². The molecule has 0 heterocycles. The van der Waals surface area contributed by atoms with Gasteiger partial charge in [0.05, 0.1) is 0 Å². The van der Waals surface area contributed by atoms with Gasteiger partial charge in [-0.15, -0.1) is 0 Å². The van der Waals surface area contributed by atoms with Crippen molar-refractivity contribution in [1.82, 2.24) is 0 Å². The van der Waals surface area contributed by atoms with Gasteiger partial charge in [-0.25, -0.2) is 0 Å². The van der Waals surface area contributed by atoms with Crippen molar-refractivity contribution >= 4 is 11.6 Å². The molecule has 1 aromatic carbocycles. The van der Waals surface area contributed by atoms with Gasteiger partial charge in [-0.3, -0.25) is 0 Å². The standard InChI is InChI=1S/C9H10ClF2NO/c1-5(13)7-4-6(10)2-3-8(7)14-9(11)12/h2-5,9H,13H2,1H3/t5-/m0/s1. The van der Waals surface area contributed by atoms with Crippen molar-refractivity contribution < 1.29 is 13.5 Å². The van der Waals surface area contributed by atoms with E-state index in [0.29, 0.717) is 10.6 Å². The largest absolute Gasteiger partial charge is 0.434 e. The molecule has 0 saturated heterocycles. The molecule has 1 rings (SSSR count). The number of hydrogen-bond acceptors (Lipinski definition) is 2. The first-order valence-electron chi connectivity index (χ1n) is 4.00. The van der Waals surface area contributed by atoms with Gasteiger partial charge >= 0.3 is 6.61 Å². The lowest BCUT2D eigenvalue weighted by Crippen LogP contribution is -2.10. The molecule has 14 heavy (non-hydrogen) atoms. The van der Waals surface area contributed by atoms with E-state index in [4.69, 9.17) is 17.3 Å². The molecule has 0 saturated carbocycles. The highest BCUT2D eigenvalue weighted by Crippen LogP contribution is 2.28. The summed E-state index contributed by atoms with van der Waals surface area (Å²) in [4.78, 5) is 0. The summed E-state index contributed by atoms with van der Waals surface area (Å²) in [7, 11) is 0. The van der Waals surface area contributed by atoms with Crippen molar-refractivity contribution in [3.63, 3.8) is 0 Å². The van der Waals surface area contributed by atoms with Crippen molar-refractivity contribution in [2.24, 2.45) is 5.73 Å². The zero-order valence-electron chi connectivity index (χ0n) is 7.51. The van der Waals surface area contributed by atoms with Crippen molar-refractivity contribution in [2.75, 3.05) is 0 Å². The first-order valence-corrected chi connectivity index (χ1v) is 4.38. The van der Waals surface area contributed by atoms with Crippen LogP contribution in [-0.4, -0.2) is 6.61 Å². The van der Waals surface area contributed by atoms with E-state index in [1.165, 1.54) is 18.2 Å². The highest BCUT2D eigenvalue weighted by Gasteiger charge is 2.12. The van der Waals surface area contributed by atoms with Crippen LogP contribution in [0.2, 0.25) is 5.02 Å². The molecule has 78 valence electrons. The summed E-state index contributed by atoms with van der Waals surface area (Å²) in [6.07, 6.45) is 0. The molecule has 0 aromatic heterocycles. The molecule has 0 aliphatic heterocycles. The van der Waals surface area contributed by atoms with Crippen LogP contribution >= 0.6 is 11.6 Å². The molecule has 0 amide bonds. The van der Waals surface area contributed by atoms with Crippen LogP contribution in [0.5, 0.6) is 5.75 Å². The second kappa shape index (κ2) is 4.57. The quantitative estimate of drug-likeness (QED) is 0.852. The third-order valence-electron chi connectivity index (χ3n) is 1.68. The van der Waals surface area contributed by atoms with Crippen molar-refractivity contribution in [3.8, 4) is 5.75 Å². The van der Waals surface area contributed by atoms with Crippen molar-refractivity contribution in [1.29, 1.82) is 0 Å². The van der Waals surface area contributed by atoms with Gasteiger partial charge in [0.15, 0.2) is 0 Å². The summed E-state index contributed by atoms with van der Waals surface area (Å²) < 4.78 is 28.2. The fourth-order valence-electron chi connectivity index (χ4n) is 1.08. The summed E-state index contributed by atoms with van der Waals surface area (Å²) >= 11 is 5.70. The monoisotopic (exact) mass is 221 g/mol. The average Bonchev–Trinajstić information content (AvgIpc) is 2.07. The van der Waals surface area contributed by atoms with E-state index in [9.17, 15) is 8.78 Å². The topological polar surface area (TPSA) is 35.2 Å². The van der Waals surface area contributed by atoms with E-state index in [1.807, 2.05) is 0 Å². The number of hydrogen-bond donors (Lipinski definition) is 1. The number of rotatable bonds is 3. The summed E-state index contributed by atoms with van der Waals surface area (Å²) in [6, 6.07) is 3.98. The van der Waals surface area contributed by atoms with Gasteiger partial charge in [0, 0.05) is 16.6 Å². The van der Waals surface area contributed by atoms with Gasteiger partial charge in [-0.05, 0) is 25.1 Å². The van der Waals surface area contributed by atoms with Gasteiger partial charge in [-0.2, -0.15) is 8.78 Å². The molecule has 0 spiro atoms. The SMILES string of the molecule is C[C@H](N)c1cc(Cl)ccc1OC(F)F. The van der Waals surface area contributed by atoms with E-state index in [0.717, 1.165) is 0 Å². The smallest absolute Gasteiger partial charge is 0.387 e. The van der Waals surface area contributed by atoms with Crippen LogP contribution in [0.1, 0.15) is 18.5 Å². The number of halogens is 3. The highest BCUT2D eigenvalue weighted by molar-refractivity contribution is 6.30. The van der Waals surface area contributed by atoms with E-state index in [1.54, 1.807) is 6.92 Å². The number of ether oxygens (including phenoxy) is 1. The fourth-order valence-corrected chi connectivity index (χ4v) is 1.26. The summed E-state index contributed by atoms with van der Waals surface area (Å²) in [6.45, 7) is -1.18. The van der Waals surface area contributed by atoms with Crippen LogP contribution in [0.4, 0.5) is 8.78 Å². The van der Waals surface area contributed by atoms with Crippen molar-refractivity contribution in [2.45, 2.75) is 19.6 Å². The molecule has 0 radical (unpaired) electrons. The lowest BCUT2D eigenvalue weighted by Gasteiger charge is -2.13. The lowest BCUT2D eigenvalue weighted by molar-refractivity contribution is -0.0505. The number of alkyl halides is 2. The predicted molar refractivity (Wildman–Crippen MR) is 50.7 cm³/mol. The third-order valence-corrected chi connectivity index (χ3v) is 1.91. The first kappa shape index (κ1) is 11.2. The maximum atomic E-state index is 12.0. The third kappa shape index (κ3) is 2.82. The highest BCUT2D eigenvalue weighted by atomic mass is 35.5. The molecule has 0 aliphatic rings. The zero-order valence-corrected chi connectivity index (χ0v) is 8.26. The van der Waals surface area contributed by atoms with E-state index in [-0.39, 0.29) is 5.75 Å².